The van der Waals surface area contributed by atoms with E-state index in [4.69, 9.17) is 14.2 Å². The van der Waals surface area contributed by atoms with Gasteiger partial charge in [0.25, 0.3) is 11.8 Å². The number of imidazole rings is 2. The minimum Gasteiger partial charge on any atom is -0.490 e. The average molecular weight is 1270 g/mol. The molecule has 0 spiro atoms. The fraction of sp³-hybridized carbons (Fsp3) is 0.349. The second-order valence-electron chi connectivity index (χ2n) is 23.3. The van der Waals surface area contributed by atoms with Gasteiger partial charge in [-0.15, -0.1) is 0 Å². The number of fused-ring (bicyclic) bond motifs is 2. The highest BCUT2D eigenvalue weighted by Gasteiger charge is 2.51. The van der Waals surface area contributed by atoms with Crippen molar-refractivity contribution < 1.29 is 65.1 Å². The number of hydrogen-bond donors (Lipinski definition) is 5. The maximum Gasteiger partial charge on any atom is 0.420 e. The lowest BCUT2D eigenvalue weighted by Crippen LogP contribution is -2.48. The van der Waals surface area contributed by atoms with Gasteiger partial charge in [0, 0.05) is 62.3 Å². The molecule has 3 amide bonds. The number of aromatic nitrogens is 8. The molecule has 480 valence electrons. The third-order valence-corrected chi connectivity index (χ3v) is 15.0. The lowest BCUT2D eigenvalue weighted by molar-refractivity contribution is -0.260. The molecule has 0 saturated heterocycles. The van der Waals surface area contributed by atoms with Crippen LogP contribution in [-0.4, -0.2) is 126 Å². The Morgan fingerprint density at radius 3 is 1.44 bits per heavy atom. The quantitative estimate of drug-likeness (QED) is 0.0573. The summed E-state index contributed by atoms with van der Waals surface area (Å²) in [4.78, 5) is 70.0. The summed E-state index contributed by atoms with van der Waals surface area (Å²) in [5.41, 5.74) is -2.08. The molecule has 4 unspecified atom stereocenters. The van der Waals surface area contributed by atoms with E-state index < -0.39 is 77.7 Å². The van der Waals surface area contributed by atoms with Gasteiger partial charge in [-0.2, -0.15) is 46.7 Å². The van der Waals surface area contributed by atoms with Gasteiger partial charge in [0.05, 0.1) is 46.7 Å². The molecule has 2 aliphatic heterocycles. The van der Waals surface area contributed by atoms with Gasteiger partial charge in [-0.05, 0) is 132 Å². The Bertz CT molecular complexity index is 4030. The smallest absolute Gasteiger partial charge is 0.420 e. The first-order valence-electron chi connectivity index (χ1n) is 28.7. The molecule has 0 aliphatic carbocycles. The normalized spacial score (nSPS) is 16.2. The number of ether oxygens (including phenoxy) is 3. The molecular formula is C63H66F6N12O10. The molecule has 4 aromatic heterocycles. The van der Waals surface area contributed by atoms with Crippen LogP contribution < -0.4 is 36.8 Å². The van der Waals surface area contributed by atoms with Crippen LogP contribution in [0.15, 0.2) is 143 Å². The third-order valence-electron chi connectivity index (χ3n) is 15.0. The minimum absolute atomic E-state index is 0.00152. The first-order valence-corrected chi connectivity index (χ1v) is 28.7. The van der Waals surface area contributed by atoms with Crippen molar-refractivity contribution >= 4 is 17.9 Å². The first-order chi connectivity index (χ1) is 42.9. The number of aliphatic hydroxyl groups is 2. The summed E-state index contributed by atoms with van der Waals surface area (Å²) in [7, 11) is 0. The van der Waals surface area contributed by atoms with Crippen molar-refractivity contribution in [3.8, 4) is 45.4 Å². The highest BCUT2D eigenvalue weighted by Crippen LogP contribution is 2.34. The standard InChI is InChI=1S/C34H37F3N6O6.C29H29F3N6O4/c1-21-18-42-27(19-41(21)31(46)49-32(2,3)4)28(29(44)38-17-22-9-6-7-10-25(22)26-11-8-16-39-40-26)43(30(42)45)23-12-14-24(15-13-23)48-20-33(5,47)34(35,36)37;1-18-16-37-24(15-33-18)25(26(39)34-14-19-6-3-4-7-22(19)23-8-5-13-35-36-23)38(27(37)40)20-9-11-21(12-10-20)42-17-28(2,41)29(30,31)32/h6-16,21,47H,17-20H2,1-5H3,(H,38,44);3-13,18,33,41H,14-17H2,1-2H3,(H,34,39). The predicted octanol–water partition coefficient (Wildman–Crippen LogP) is 8.07. The molecule has 6 heterocycles. The van der Waals surface area contributed by atoms with Gasteiger partial charge < -0.3 is 40.4 Å². The number of nitrogens with zero attached hydrogens (tertiary/aromatic N) is 9. The maximum absolute atomic E-state index is 14.1. The van der Waals surface area contributed by atoms with Crippen LogP contribution in [0.3, 0.4) is 0 Å². The maximum atomic E-state index is 14.1. The van der Waals surface area contributed by atoms with Gasteiger partial charge in [-0.1, -0.05) is 48.5 Å². The molecule has 22 nitrogen and oxygen atoms in total. The van der Waals surface area contributed by atoms with Crippen LogP contribution in [0.4, 0.5) is 31.1 Å². The summed E-state index contributed by atoms with van der Waals surface area (Å²) in [6.45, 7) is 8.88. The summed E-state index contributed by atoms with van der Waals surface area (Å²) < 4.78 is 99.7. The van der Waals surface area contributed by atoms with Crippen molar-refractivity contribution in [2.45, 2.75) is 129 Å². The van der Waals surface area contributed by atoms with E-state index in [1.165, 1.54) is 67.1 Å². The van der Waals surface area contributed by atoms with Crippen LogP contribution in [0, 0.1) is 0 Å². The van der Waals surface area contributed by atoms with Crippen LogP contribution >= 0.6 is 0 Å². The number of benzene rings is 4. The van der Waals surface area contributed by atoms with Crippen LogP contribution in [-0.2, 0) is 44.0 Å². The van der Waals surface area contributed by atoms with Crippen molar-refractivity contribution in [1.82, 2.24) is 59.5 Å². The zero-order chi connectivity index (χ0) is 65.8. The largest absolute Gasteiger partial charge is 0.490 e. The molecule has 4 atom stereocenters. The summed E-state index contributed by atoms with van der Waals surface area (Å²) >= 11 is 0. The van der Waals surface area contributed by atoms with Crippen molar-refractivity contribution in [3.05, 3.63) is 189 Å². The van der Waals surface area contributed by atoms with Crippen molar-refractivity contribution in [3.63, 3.8) is 0 Å². The lowest BCUT2D eigenvalue weighted by atomic mass is 10.0. The molecule has 4 aromatic carbocycles. The van der Waals surface area contributed by atoms with Crippen molar-refractivity contribution in [2.75, 3.05) is 13.2 Å². The molecular weight excluding hydrogens is 1200 g/mol. The predicted molar refractivity (Wildman–Crippen MR) is 319 cm³/mol. The zero-order valence-corrected chi connectivity index (χ0v) is 50.5. The molecule has 0 radical (unpaired) electrons. The van der Waals surface area contributed by atoms with Crippen molar-refractivity contribution in [1.29, 1.82) is 0 Å². The second kappa shape index (κ2) is 26.4. The molecule has 0 saturated carbocycles. The fourth-order valence-corrected chi connectivity index (χ4v) is 9.94. The number of carbonyl (C=O) groups is 3. The number of amides is 3. The number of alkyl halides is 6. The van der Waals surface area contributed by atoms with Crippen LogP contribution in [0.25, 0.3) is 33.9 Å². The molecule has 5 N–H and O–H groups in total. The molecule has 0 bridgehead atoms. The molecule has 28 heteroatoms. The number of nitrogens with one attached hydrogen (secondary N) is 3. The van der Waals surface area contributed by atoms with E-state index in [1.54, 1.807) is 62.9 Å². The summed E-state index contributed by atoms with van der Waals surface area (Å²) in [5.74, 6) is -1.03. The molecule has 0 fully saturated rings. The van der Waals surface area contributed by atoms with Crippen LogP contribution in [0.1, 0.15) is 92.0 Å². The number of carbonyl (C=O) groups excluding carboxylic acids is 3. The van der Waals surface area contributed by atoms with Gasteiger partial charge in [0.2, 0.25) is 0 Å². The van der Waals surface area contributed by atoms with Gasteiger partial charge in [-0.3, -0.25) is 32.8 Å². The molecule has 91 heavy (non-hydrogen) atoms. The average Bonchev–Trinajstić information content (AvgIpc) is 1.61. The monoisotopic (exact) mass is 1260 g/mol. The Kier molecular flexibility index (Phi) is 19.1. The Morgan fingerprint density at radius 2 is 1.02 bits per heavy atom. The Morgan fingerprint density at radius 1 is 0.593 bits per heavy atom. The minimum atomic E-state index is -4.91. The Labute approximate surface area is 517 Å². The lowest BCUT2D eigenvalue weighted by Gasteiger charge is -2.35. The zero-order valence-electron chi connectivity index (χ0n) is 50.5. The summed E-state index contributed by atoms with van der Waals surface area (Å²) in [6.07, 6.45) is -7.26. The highest BCUT2D eigenvalue weighted by atomic mass is 19.4. The second-order valence-corrected chi connectivity index (χ2v) is 23.3. The first kappa shape index (κ1) is 65.8. The van der Waals surface area contributed by atoms with Crippen molar-refractivity contribution in [2.24, 2.45) is 0 Å². The number of halogens is 6. The van der Waals surface area contributed by atoms with Crippen LogP contribution in [0.5, 0.6) is 11.5 Å². The van der Waals surface area contributed by atoms with Gasteiger partial charge in [-0.25, -0.2) is 14.4 Å². The van der Waals surface area contributed by atoms with Crippen LogP contribution in [0.2, 0.25) is 0 Å². The van der Waals surface area contributed by atoms with E-state index >= 15 is 0 Å². The topological polar surface area (TPSA) is 264 Å². The Balaban J connectivity index is 0.000000218. The summed E-state index contributed by atoms with van der Waals surface area (Å²) in [5, 5.41) is 44.7. The van der Waals surface area contributed by atoms with E-state index in [1.807, 2.05) is 61.5 Å². The summed E-state index contributed by atoms with van der Waals surface area (Å²) in [6, 6.07) is 32.7. The van der Waals surface area contributed by atoms with Gasteiger partial charge in [0.15, 0.2) is 11.2 Å². The number of hydrogen-bond acceptors (Lipinski definition) is 15. The highest BCUT2D eigenvalue weighted by molar-refractivity contribution is 5.95. The Hall–Kier alpha value is -9.67. The van der Waals surface area contributed by atoms with E-state index in [2.05, 4.69) is 36.3 Å². The SMILES string of the molecule is CC1Cn2c(c(C(=O)NCc3ccccc3-c3cccnn3)n(-c3ccc(OCC(C)(O)C(F)(F)F)cc3)c2=O)CN1.CC1Cn2c(c(C(=O)NCc3ccccc3-c3cccnn3)n(-c3ccc(OCC(C)(O)C(F)(F)F)cc3)c2=O)CN1C(=O)OC(C)(C)C. The van der Waals surface area contributed by atoms with E-state index in [9.17, 15) is 60.5 Å². The molecule has 2 aliphatic rings. The van der Waals surface area contributed by atoms with Gasteiger partial charge in [0.1, 0.15) is 41.7 Å². The third kappa shape index (κ3) is 14.8. The van der Waals surface area contributed by atoms with E-state index in [-0.39, 0.29) is 73.0 Å². The fourth-order valence-electron chi connectivity index (χ4n) is 9.94. The molecule has 10 rings (SSSR count). The number of rotatable bonds is 16. The van der Waals surface area contributed by atoms with E-state index in [0.717, 1.165) is 22.3 Å². The van der Waals surface area contributed by atoms with E-state index in [0.29, 0.717) is 43.2 Å². The molecule has 8 aromatic rings. The van der Waals surface area contributed by atoms with Gasteiger partial charge >= 0.3 is 29.8 Å².